The van der Waals surface area contributed by atoms with Gasteiger partial charge in [0.15, 0.2) is 11.5 Å². The summed E-state index contributed by atoms with van der Waals surface area (Å²) in [6.45, 7) is 2.89. The molecule has 2 aliphatic rings. The summed E-state index contributed by atoms with van der Waals surface area (Å²) in [6, 6.07) is 8.32. The number of hydrogen-bond acceptors (Lipinski definition) is 4. The molecule has 5 nitrogen and oxygen atoms in total. The number of amides is 1. The molecular weight excluding hydrogens is 445 g/mol. The average molecular weight is 469 g/mol. The second kappa shape index (κ2) is 9.19. The van der Waals surface area contributed by atoms with E-state index in [1.54, 1.807) is 18.2 Å². The first-order chi connectivity index (χ1) is 15.2. The molecule has 0 bridgehead atoms. The van der Waals surface area contributed by atoms with Crippen molar-refractivity contribution in [2.75, 3.05) is 25.1 Å². The lowest BCUT2D eigenvalue weighted by Crippen LogP contribution is -2.37. The van der Waals surface area contributed by atoms with Gasteiger partial charge in [-0.15, -0.1) is 0 Å². The van der Waals surface area contributed by atoms with Crippen molar-refractivity contribution < 1.29 is 27.4 Å². The standard InChI is InChI=1S/C23H24ClF3N2O3/c1-14(15-4-2-5-16(10-15)23(25,26)27)29(17-6-7-17)13-22(30)28-19-12-21-20(11-18(19)24)31-8-3-9-32-21/h2,4-5,10-12,14,17H,3,6-9,13H2,1H3,(H,28,30). The van der Waals surface area contributed by atoms with E-state index in [1.807, 2.05) is 11.8 Å². The van der Waals surface area contributed by atoms with Crippen molar-refractivity contribution in [3.63, 3.8) is 0 Å². The van der Waals surface area contributed by atoms with Crippen molar-refractivity contribution in [1.82, 2.24) is 4.90 Å². The molecule has 0 aromatic heterocycles. The van der Waals surface area contributed by atoms with Gasteiger partial charge in [-0.2, -0.15) is 13.2 Å². The SMILES string of the molecule is CC(c1cccc(C(F)(F)F)c1)N(CC(=O)Nc1cc2c(cc1Cl)OCCCO2)C1CC1. The van der Waals surface area contributed by atoms with E-state index < -0.39 is 11.7 Å². The first-order valence-corrected chi connectivity index (χ1v) is 10.9. The van der Waals surface area contributed by atoms with Crippen LogP contribution in [0.2, 0.25) is 5.02 Å². The maximum atomic E-state index is 13.1. The van der Waals surface area contributed by atoms with E-state index in [9.17, 15) is 18.0 Å². The molecule has 1 aliphatic heterocycles. The van der Waals surface area contributed by atoms with Crippen LogP contribution in [0.25, 0.3) is 0 Å². The molecule has 1 saturated carbocycles. The fourth-order valence-electron chi connectivity index (χ4n) is 3.79. The van der Waals surface area contributed by atoms with Gasteiger partial charge in [0, 0.05) is 30.6 Å². The highest BCUT2D eigenvalue weighted by Gasteiger charge is 2.36. The summed E-state index contributed by atoms with van der Waals surface area (Å²) in [7, 11) is 0. The molecule has 1 amide bonds. The van der Waals surface area contributed by atoms with Gasteiger partial charge in [0.25, 0.3) is 0 Å². The number of carbonyl (C=O) groups excluding carboxylic acids is 1. The Morgan fingerprint density at radius 2 is 1.88 bits per heavy atom. The molecule has 1 atom stereocenters. The third kappa shape index (κ3) is 5.30. The number of fused-ring (bicyclic) bond motifs is 1. The fourth-order valence-corrected chi connectivity index (χ4v) is 3.99. The molecule has 2 aromatic rings. The molecule has 1 N–H and O–H groups in total. The maximum absolute atomic E-state index is 13.1. The van der Waals surface area contributed by atoms with Gasteiger partial charge >= 0.3 is 6.18 Å². The van der Waals surface area contributed by atoms with E-state index in [2.05, 4.69) is 5.32 Å². The molecule has 1 fully saturated rings. The molecule has 1 aliphatic carbocycles. The van der Waals surface area contributed by atoms with Gasteiger partial charge in [0.2, 0.25) is 5.91 Å². The van der Waals surface area contributed by atoms with Crippen molar-refractivity contribution >= 4 is 23.2 Å². The van der Waals surface area contributed by atoms with Gasteiger partial charge in [0.05, 0.1) is 36.0 Å². The van der Waals surface area contributed by atoms with E-state index in [0.29, 0.717) is 41.0 Å². The summed E-state index contributed by atoms with van der Waals surface area (Å²) < 4.78 is 50.6. The smallest absolute Gasteiger partial charge is 0.416 e. The quantitative estimate of drug-likeness (QED) is 0.592. The third-order valence-corrected chi connectivity index (χ3v) is 5.96. The summed E-state index contributed by atoms with van der Waals surface area (Å²) in [5, 5.41) is 3.13. The molecule has 4 rings (SSSR count). The Morgan fingerprint density at radius 3 is 2.53 bits per heavy atom. The van der Waals surface area contributed by atoms with Gasteiger partial charge in [0.1, 0.15) is 0 Å². The van der Waals surface area contributed by atoms with Gasteiger partial charge in [-0.25, -0.2) is 0 Å². The van der Waals surface area contributed by atoms with E-state index >= 15 is 0 Å². The van der Waals surface area contributed by atoms with Crippen LogP contribution < -0.4 is 14.8 Å². The highest BCUT2D eigenvalue weighted by atomic mass is 35.5. The van der Waals surface area contributed by atoms with Gasteiger partial charge in [-0.1, -0.05) is 23.7 Å². The Labute approximate surface area is 189 Å². The lowest BCUT2D eigenvalue weighted by molar-refractivity contribution is -0.137. The third-order valence-electron chi connectivity index (χ3n) is 5.65. The number of carbonyl (C=O) groups is 1. The molecule has 9 heteroatoms. The van der Waals surface area contributed by atoms with Crippen LogP contribution in [-0.4, -0.2) is 36.6 Å². The number of halogens is 4. The zero-order valence-corrected chi connectivity index (χ0v) is 18.3. The number of nitrogens with one attached hydrogen (secondary N) is 1. The zero-order chi connectivity index (χ0) is 22.9. The van der Waals surface area contributed by atoms with Gasteiger partial charge in [-0.05, 0) is 37.5 Å². The van der Waals surface area contributed by atoms with Gasteiger partial charge in [-0.3, -0.25) is 9.69 Å². The lowest BCUT2D eigenvalue weighted by Gasteiger charge is -2.29. The Hall–Kier alpha value is -2.45. The summed E-state index contributed by atoms with van der Waals surface area (Å²) in [6.07, 6.45) is -1.86. The first-order valence-electron chi connectivity index (χ1n) is 10.5. The van der Waals surface area contributed by atoms with E-state index in [0.717, 1.165) is 31.4 Å². The Bertz CT molecular complexity index is 995. The molecule has 2 aromatic carbocycles. The minimum Gasteiger partial charge on any atom is -0.490 e. The molecule has 32 heavy (non-hydrogen) atoms. The summed E-state index contributed by atoms with van der Waals surface area (Å²) in [4.78, 5) is 14.8. The summed E-state index contributed by atoms with van der Waals surface area (Å²) in [5.41, 5.74) is 0.234. The van der Waals surface area contributed by atoms with Crippen LogP contribution in [0.4, 0.5) is 18.9 Å². The minimum atomic E-state index is -4.41. The van der Waals surface area contributed by atoms with Crippen LogP contribution in [0, 0.1) is 0 Å². The normalized spacial score (nSPS) is 17.1. The number of nitrogens with zero attached hydrogens (tertiary/aromatic N) is 1. The van der Waals surface area contributed by atoms with Crippen molar-refractivity contribution in [3.05, 3.63) is 52.5 Å². The fraction of sp³-hybridized carbons (Fsp3) is 0.435. The van der Waals surface area contributed by atoms with Crippen molar-refractivity contribution in [3.8, 4) is 11.5 Å². The molecule has 1 unspecified atom stereocenters. The molecule has 0 saturated heterocycles. The predicted molar refractivity (Wildman–Crippen MR) is 115 cm³/mol. The molecule has 0 radical (unpaired) electrons. The van der Waals surface area contributed by atoms with Gasteiger partial charge < -0.3 is 14.8 Å². The predicted octanol–water partition coefficient (Wildman–Crippen LogP) is 5.68. The van der Waals surface area contributed by atoms with Crippen LogP contribution in [-0.2, 0) is 11.0 Å². The number of benzene rings is 2. The number of hydrogen-bond donors (Lipinski definition) is 1. The highest BCUT2D eigenvalue weighted by molar-refractivity contribution is 6.34. The Morgan fingerprint density at radius 1 is 1.19 bits per heavy atom. The van der Waals surface area contributed by atoms with Crippen LogP contribution in [0.5, 0.6) is 11.5 Å². The number of alkyl halides is 3. The molecule has 1 heterocycles. The van der Waals surface area contributed by atoms with Crippen LogP contribution in [0.1, 0.15) is 43.4 Å². The van der Waals surface area contributed by atoms with Crippen LogP contribution in [0.3, 0.4) is 0 Å². The first kappa shape index (κ1) is 22.7. The van der Waals surface area contributed by atoms with Crippen LogP contribution >= 0.6 is 11.6 Å². The Balaban J connectivity index is 1.48. The largest absolute Gasteiger partial charge is 0.490 e. The zero-order valence-electron chi connectivity index (χ0n) is 17.5. The number of ether oxygens (including phenoxy) is 2. The second-order valence-electron chi connectivity index (χ2n) is 8.08. The topological polar surface area (TPSA) is 50.8 Å². The average Bonchev–Trinajstić information content (AvgIpc) is 3.59. The van der Waals surface area contributed by atoms with E-state index in [4.69, 9.17) is 21.1 Å². The maximum Gasteiger partial charge on any atom is 0.416 e. The molecule has 172 valence electrons. The second-order valence-corrected chi connectivity index (χ2v) is 8.49. The van der Waals surface area contributed by atoms with Crippen molar-refractivity contribution in [2.24, 2.45) is 0 Å². The Kier molecular flexibility index (Phi) is 6.53. The highest BCUT2D eigenvalue weighted by Crippen LogP contribution is 2.39. The summed E-state index contributed by atoms with van der Waals surface area (Å²) in [5.74, 6) is 0.744. The van der Waals surface area contributed by atoms with Crippen molar-refractivity contribution in [1.29, 1.82) is 0 Å². The van der Waals surface area contributed by atoms with E-state index in [1.165, 1.54) is 6.07 Å². The molecular formula is C23H24ClF3N2O3. The number of anilines is 1. The van der Waals surface area contributed by atoms with Crippen LogP contribution in [0.15, 0.2) is 36.4 Å². The monoisotopic (exact) mass is 468 g/mol. The molecule has 0 spiro atoms. The minimum absolute atomic E-state index is 0.0346. The lowest BCUT2D eigenvalue weighted by atomic mass is 10.0. The van der Waals surface area contributed by atoms with E-state index in [-0.39, 0.29) is 24.5 Å². The summed E-state index contributed by atoms with van der Waals surface area (Å²) >= 11 is 6.32. The number of rotatable bonds is 6. The van der Waals surface area contributed by atoms with Crippen molar-refractivity contribution in [2.45, 2.75) is 44.4 Å².